The molecule has 0 bridgehead atoms. The van der Waals surface area contributed by atoms with Crippen LogP contribution in [0.15, 0.2) is 42.5 Å². The molecule has 2 aromatic carbocycles. The Morgan fingerprint density at radius 2 is 1.81 bits per heavy atom. The van der Waals surface area contributed by atoms with Crippen molar-refractivity contribution >= 4 is 11.7 Å². The minimum Gasteiger partial charge on any atom is -0.490 e. The van der Waals surface area contributed by atoms with Gasteiger partial charge in [0.15, 0.2) is 17.2 Å². The number of hydrogen-bond acceptors (Lipinski definition) is 5. The maximum atomic E-state index is 11.4. The third kappa shape index (κ3) is 3.45. The van der Waals surface area contributed by atoms with E-state index in [1.165, 1.54) is 13.2 Å². The summed E-state index contributed by atoms with van der Waals surface area (Å²) in [7, 11) is 1.32. The average Bonchev–Trinajstić information content (AvgIpc) is 2.50. The van der Waals surface area contributed by atoms with Crippen molar-refractivity contribution in [2.75, 3.05) is 19.5 Å². The number of carbonyl (C=O) groups excluding carboxylic acids is 1. The minimum absolute atomic E-state index is 0.351. The van der Waals surface area contributed by atoms with Gasteiger partial charge in [-0.2, -0.15) is 0 Å². The molecule has 0 atom stereocenters. The topological polar surface area (TPSA) is 70.8 Å². The normalized spacial score (nSPS) is 10.0. The molecule has 0 fully saturated rings. The predicted octanol–water partition coefficient (Wildman–Crippen LogP) is 3.25. The zero-order chi connectivity index (χ0) is 15.2. The van der Waals surface area contributed by atoms with E-state index >= 15 is 0 Å². The Morgan fingerprint density at radius 3 is 2.43 bits per heavy atom. The summed E-state index contributed by atoms with van der Waals surface area (Å²) in [5, 5.41) is 0. The number of para-hydroxylation sites is 2. The SMILES string of the molecule is CCOc1ccccc1Oc1ccc(C(=O)OC)cc1N. The van der Waals surface area contributed by atoms with Crippen molar-refractivity contribution in [1.29, 1.82) is 0 Å². The van der Waals surface area contributed by atoms with Gasteiger partial charge in [0, 0.05) is 0 Å². The monoisotopic (exact) mass is 287 g/mol. The predicted molar refractivity (Wildman–Crippen MR) is 79.9 cm³/mol. The highest BCUT2D eigenvalue weighted by Crippen LogP contribution is 2.34. The molecule has 0 heterocycles. The van der Waals surface area contributed by atoms with Crippen LogP contribution in [0, 0.1) is 0 Å². The summed E-state index contributed by atoms with van der Waals surface area (Å²) in [6.07, 6.45) is 0. The standard InChI is InChI=1S/C16H17NO4/c1-3-20-14-6-4-5-7-15(14)21-13-9-8-11(10-12(13)17)16(18)19-2/h4-10H,3,17H2,1-2H3. The molecule has 0 aliphatic carbocycles. The molecule has 5 heteroatoms. The molecule has 21 heavy (non-hydrogen) atoms. The van der Waals surface area contributed by atoms with E-state index in [0.29, 0.717) is 35.1 Å². The van der Waals surface area contributed by atoms with Crippen LogP contribution in [0.5, 0.6) is 17.2 Å². The number of rotatable bonds is 5. The molecule has 0 aliphatic heterocycles. The van der Waals surface area contributed by atoms with Crippen molar-refractivity contribution in [3.63, 3.8) is 0 Å². The number of esters is 1. The number of hydrogen-bond donors (Lipinski definition) is 1. The van der Waals surface area contributed by atoms with Crippen LogP contribution in [0.25, 0.3) is 0 Å². The summed E-state index contributed by atoms with van der Waals surface area (Å²) in [5.74, 6) is 1.21. The number of carbonyl (C=O) groups is 1. The lowest BCUT2D eigenvalue weighted by Gasteiger charge is -2.13. The molecular weight excluding hydrogens is 270 g/mol. The zero-order valence-corrected chi connectivity index (χ0v) is 12.0. The molecule has 110 valence electrons. The maximum absolute atomic E-state index is 11.4. The molecule has 2 aromatic rings. The molecule has 2 N–H and O–H groups in total. The lowest BCUT2D eigenvalue weighted by atomic mass is 10.2. The van der Waals surface area contributed by atoms with Gasteiger partial charge in [-0.15, -0.1) is 0 Å². The molecule has 0 unspecified atom stereocenters. The van der Waals surface area contributed by atoms with Gasteiger partial charge in [0.1, 0.15) is 0 Å². The molecule has 0 saturated heterocycles. The van der Waals surface area contributed by atoms with E-state index in [0.717, 1.165) is 0 Å². The van der Waals surface area contributed by atoms with E-state index in [1.807, 2.05) is 25.1 Å². The summed E-state index contributed by atoms with van der Waals surface area (Å²) in [5.41, 5.74) is 6.64. The number of methoxy groups -OCH3 is 1. The van der Waals surface area contributed by atoms with E-state index in [4.69, 9.17) is 15.2 Å². The van der Waals surface area contributed by atoms with Gasteiger partial charge >= 0.3 is 5.97 Å². The largest absolute Gasteiger partial charge is 0.490 e. The smallest absolute Gasteiger partial charge is 0.337 e. The average molecular weight is 287 g/mol. The quantitative estimate of drug-likeness (QED) is 0.675. The van der Waals surface area contributed by atoms with Gasteiger partial charge in [0.05, 0.1) is 25.0 Å². The first kappa shape index (κ1) is 14.7. The van der Waals surface area contributed by atoms with Gasteiger partial charge in [0.25, 0.3) is 0 Å². The third-order valence-electron chi connectivity index (χ3n) is 2.80. The van der Waals surface area contributed by atoms with Crippen LogP contribution in [0.2, 0.25) is 0 Å². The fraction of sp³-hybridized carbons (Fsp3) is 0.188. The van der Waals surface area contributed by atoms with Crippen molar-refractivity contribution < 1.29 is 19.0 Å². The van der Waals surface area contributed by atoms with Crippen LogP contribution in [0.4, 0.5) is 5.69 Å². The first-order valence-corrected chi connectivity index (χ1v) is 6.53. The van der Waals surface area contributed by atoms with Crippen molar-refractivity contribution in [3.8, 4) is 17.2 Å². The highest BCUT2D eigenvalue weighted by atomic mass is 16.5. The van der Waals surface area contributed by atoms with Crippen LogP contribution in [0.3, 0.4) is 0 Å². The fourth-order valence-electron chi connectivity index (χ4n) is 1.81. The van der Waals surface area contributed by atoms with Gasteiger partial charge in [0.2, 0.25) is 0 Å². The van der Waals surface area contributed by atoms with Gasteiger partial charge in [-0.25, -0.2) is 4.79 Å². The van der Waals surface area contributed by atoms with E-state index in [-0.39, 0.29) is 0 Å². The Labute approximate surface area is 123 Å². The Morgan fingerprint density at radius 1 is 1.10 bits per heavy atom. The van der Waals surface area contributed by atoms with Crippen molar-refractivity contribution in [1.82, 2.24) is 0 Å². The maximum Gasteiger partial charge on any atom is 0.337 e. The van der Waals surface area contributed by atoms with E-state index in [1.54, 1.807) is 18.2 Å². The molecule has 0 saturated carbocycles. The third-order valence-corrected chi connectivity index (χ3v) is 2.80. The van der Waals surface area contributed by atoms with Crippen LogP contribution >= 0.6 is 0 Å². The van der Waals surface area contributed by atoms with Gasteiger partial charge in [-0.3, -0.25) is 0 Å². The van der Waals surface area contributed by atoms with Gasteiger partial charge in [-0.1, -0.05) is 12.1 Å². The molecule has 2 rings (SSSR count). The van der Waals surface area contributed by atoms with Crippen molar-refractivity contribution in [3.05, 3.63) is 48.0 Å². The fourth-order valence-corrected chi connectivity index (χ4v) is 1.81. The van der Waals surface area contributed by atoms with Crippen LogP contribution in [-0.4, -0.2) is 19.7 Å². The van der Waals surface area contributed by atoms with E-state index in [2.05, 4.69) is 4.74 Å². The lowest BCUT2D eigenvalue weighted by Crippen LogP contribution is -2.03. The molecule has 0 spiro atoms. The number of nitrogens with two attached hydrogens (primary N) is 1. The number of nitrogen functional groups attached to an aromatic ring is 1. The highest BCUT2D eigenvalue weighted by Gasteiger charge is 2.11. The van der Waals surface area contributed by atoms with Gasteiger partial charge < -0.3 is 19.9 Å². The summed E-state index contributed by atoms with van der Waals surface area (Å²) < 4.78 is 15.9. The first-order chi connectivity index (χ1) is 10.2. The second kappa shape index (κ2) is 6.65. The number of anilines is 1. The Bertz CT molecular complexity index is 640. The Balaban J connectivity index is 2.26. The molecule has 0 aromatic heterocycles. The van der Waals surface area contributed by atoms with E-state index in [9.17, 15) is 4.79 Å². The Kier molecular flexibility index (Phi) is 4.66. The summed E-state index contributed by atoms with van der Waals surface area (Å²) >= 11 is 0. The van der Waals surface area contributed by atoms with Crippen molar-refractivity contribution in [2.45, 2.75) is 6.92 Å². The zero-order valence-electron chi connectivity index (χ0n) is 12.0. The van der Waals surface area contributed by atoms with Crippen LogP contribution in [-0.2, 0) is 4.74 Å². The molecule has 0 radical (unpaired) electrons. The molecule has 0 aliphatic rings. The van der Waals surface area contributed by atoms with Crippen LogP contribution in [0.1, 0.15) is 17.3 Å². The van der Waals surface area contributed by atoms with Gasteiger partial charge in [-0.05, 0) is 37.3 Å². The number of ether oxygens (including phenoxy) is 3. The lowest BCUT2D eigenvalue weighted by molar-refractivity contribution is 0.0601. The summed E-state index contributed by atoms with van der Waals surface area (Å²) in [6.45, 7) is 2.44. The minimum atomic E-state index is -0.442. The van der Waals surface area contributed by atoms with E-state index < -0.39 is 5.97 Å². The molecule has 0 amide bonds. The summed E-state index contributed by atoms with van der Waals surface area (Å²) in [6, 6.07) is 12.1. The summed E-state index contributed by atoms with van der Waals surface area (Å²) in [4.78, 5) is 11.4. The highest BCUT2D eigenvalue weighted by molar-refractivity contribution is 5.90. The number of benzene rings is 2. The second-order valence-corrected chi connectivity index (χ2v) is 4.23. The molecule has 5 nitrogen and oxygen atoms in total. The Hall–Kier alpha value is -2.69. The van der Waals surface area contributed by atoms with Crippen molar-refractivity contribution in [2.24, 2.45) is 0 Å². The molecular formula is C16H17NO4. The second-order valence-electron chi connectivity index (χ2n) is 4.23. The first-order valence-electron chi connectivity index (χ1n) is 6.53. The van der Waals surface area contributed by atoms with Crippen LogP contribution < -0.4 is 15.2 Å².